The van der Waals surface area contributed by atoms with Crippen LogP contribution in [0.4, 0.5) is 13.6 Å². The molecule has 2 amide bonds. The zero-order valence-electron chi connectivity index (χ0n) is 20.0. The smallest absolute Gasteiger partial charge is 0.379 e. The van der Waals surface area contributed by atoms with Gasteiger partial charge in [0.05, 0.1) is 25.3 Å². The molecule has 2 fully saturated rings. The second kappa shape index (κ2) is 11.7. The fraction of sp³-hybridized carbons (Fsp3) is 0.565. The number of rotatable bonds is 11. The van der Waals surface area contributed by atoms with E-state index in [0.717, 1.165) is 6.20 Å². The van der Waals surface area contributed by atoms with E-state index in [0.29, 0.717) is 17.7 Å². The van der Waals surface area contributed by atoms with Gasteiger partial charge >= 0.3 is 25.5 Å². The molecular formula is C23H31F2N2O8P. The van der Waals surface area contributed by atoms with E-state index in [4.69, 9.17) is 18.5 Å². The Morgan fingerprint density at radius 3 is 2.67 bits per heavy atom. The topological polar surface area (TPSA) is 124 Å². The number of carbonyl (C=O) groups is 2. The summed E-state index contributed by atoms with van der Waals surface area (Å²) in [6.07, 6.45) is -4.58. The summed E-state index contributed by atoms with van der Waals surface area (Å²) < 4.78 is 65.1. The Morgan fingerprint density at radius 2 is 2.11 bits per heavy atom. The van der Waals surface area contributed by atoms with Crippen LogP contribution in [0.5, 0.6) is 5.75 Å². The number of hydrogen-bond acceptors (Lipinski definition) is 8. The molecule has 6 unspecified atom stereocenters. The number of aliphatic hydroxyl groups is 1. The van der Waals surface area contributed by atoms with E-state index in [-0.39, 0.29) is 18.5 Å². The van der Waals surface area contributed by atoms with E-state index in [2.05, 4.69) is 11.9 Å². The maximum Gasteiger partial charge on any atom is 0.379 e. The van der Waals surface area contributed by atoms with Crippen molar-refractivity contribution in [1.29, 1.82) is 0 Å². The van der Waals surface area contributed by atoms with E-state index in [1.807, 2.05) is 6.92 Å². The summed E-state index contributed by atoms with van der Waals surface area (Å²) in [6, 6.07) is 7.22. The quantitative estimate of drug-likeness (QED) is 0.329. The van der Waals surface area contributed by atoms with Crippen molar-refractivity contribution < 1.29 is 46.6 Å². The number of aliphatic hydroxyl groups excluding tert-OH is 1. The number of alkyl halides is 2. The SMILES string of the molecule is C=CN(C(=O)NC)C1OC(COP(=O)(CC(CC)C2CCOC2=O)Oc2ccccc2)C(O)C1(F)F. The van der Waals surface area contributed by atoms with Gasteiger partial charge in [0.25, 0.3) is 0 Å². The number of halogens is 2. The lowest BCUT2D eigenvalue weighted by Crippen LogP contribution is -2.51. The van der Waals surface area contributed by atoms with Crippen molar-refractivity contribution in [2.75, 3.05) is 26.4 Å². The van der Waals surface area contributed by atoms with Crippen LogP contribution in [-0.2, 0) is 23.4 Å². The number of amides is 2. The fourth-order valence-corrected chi connectivity index (χ4v) is 6.37. The van der Waals surface area contributed by atoms with Crippen molar-refractivity contribution in [2.24, 2.45) is 11.8 Å². The summed E-state index contributed by atoms with van der Waals surface area (Å²) in [5.74, 6) is -4.97. The summed E-state index contributed by atoms with van der Waals surface area (Å²) in [7, 11) is -2.81. The summed E-state index contributed by atoms with van der Waals surface area (Å²) in [5.41, 5.74) is 0. The first-order valence-corrected chi connectivity index (χ1v) is 13.3. The van der Waals surface area contributed by atoms with Crippen LogP contribution in [0.3, 0.4) is 0 Å². The first kappa shape index (κ1) is 28.0. The number of para-hydroxylation sites is 1. The average molecular weight is 532 g/mol. The van der Waals surface area contributed by atoms with E-state index < -0.39 is 62.4 Å². The Kier molecular flexibility index (Phi) is 9.10. The predicted octanol–water partition coefficient (Wildman–Crippen LogP) is 3.37. The Morgan fingerprint density at radius 1 is 1.42 bits per heavy atom. The molecule has 2 N–H and O–H groups in total. The molecule has 0 spiro atoms. The number of hydrogen-bond donors (Lipinski definition) is 2. The minimum atomic E-state index is -4.05. The molecule has 36 heavy (non-hydrogen) atoms. The van der Waals surface area contributed by atoms with E-state index in [9.17, 15) is 28.0 Å². The molecule has 2 aliphatic rings. The second-order valence-electron chi connectivity index (χ2n) is 8.52. The van der Waals surface area contributed by atoms with Crippen LogP contribution in [0.1, 0.15) is 19.8 Å². The average Bonchev–Trinajstić information content (AvgIpc) is 3.38. The van der Waals surface area contributed by atoms with Gasteiger partial charge in [-0.1, -0.05) is 38.1 Å². The summed E-state index contributed by atoms with van der Waals surface area (Å²) in [4.78, 5) is 24.6. The molecule has 3 rings (SSSR count). The number of esters is 1. The minimum Gasteiger partial charge on any atom is -0.465 e. The van der Waals surface area contributed by atoms with Gasteiger partial charge in [-0.05, 0) is 24.5 Å². The molecule has 0 saturated carbocycles. The molecule has 200 valence electrons. The van der Waals surface area contributed by atoms with Gasteiger partial charge in [-0.15, -0.1) is 0 Å². The second-order valence-corrected chi connectivity index (χ2v) is 10.5. The molecule has 0 aromatic heterocycles. The summed E-state index contributed by atoms with van der Waals surface area (Å²) in [6.45, 7) is 4.70. The van der Waals surface area contributed by atoms with Crippen LogP contribution in [0.25, 0.3) is 0 Å². The number of carbonyl (C=O) groups excluding carboxylic acids is 2. The summed E-state index contributed by atoms with van der Waals surface area (Å²) >= 11 is 0. The van der Waals surface area contributed by atoms with Crippen LogP contribution >= 0.6 is 7.60 Å². The largest absolute Gasteiger partial charge is 0.465 e. The molecule has 6 atom stereocenters. The van der Waals surface area contributed by atoms with Gasteiger partial charge in [-0.2, -0.15) is 8.78 Å². The molecule has 0 radical (unpaired) electrons. The zero-order valence-corrected chi connectivity index (χ0v) is 20.9. The number of cyclic esters (lactones) is 1. The lowest BCUT2D eigenvalue weighted by atomic mass is 9.91. The van der Waals surface area contributed by atoms with E-state index in [1.54, 1.807) is 30.3 Å². The molecule has 2 saturated heterocycles. The number of nitrogens with one attached hydrogen (secondary N) is 1. The Labute approximate surface area is 208 Å². The number of urea groups is 1. The normalized spacial score (nSPS) is 27.5. The lowest BCUT2D eigenvalue weighted by molar-refractivity contribution is -0.144. The van der Waals surface area contributed by atoms with E-state index in [1.165, 1.54) is 7.05 Å². The monoisotopic (exact) mass is 532 g/mol. The van der Waals surface area contributed by atoms with Crippen molar-refractivity contribution in [2.45, 2.75) is 44.1 Å². The highest BCUT2D eigenvalue weighted by Gasteiger charge is 2.61. The standard InChI is InChI=1S/C23H31F2N2O8P/c1-4-15(17-11-12-32-20(17)29)14-36(31,35-16-9-7-6-8-10-16)33-13-18-19(28)23(24,25)21(34-18)27(5-2)22(30)26-3/h5-10,15,17-19,21,28H,2,4,11-14H2,1,3H3,(H,26,30). The molecule has 13 heteroatoms. The van der Waals surface area contributed by atoms with Crippen molar-refractivity contribution in [3.05, 3.63) is 43.1 Å². The number of nitrogens with zero attached hydrogens (tertiary/aromatic N) is 1. The minimum absolute atomic E-state index is 0.183. The van der Waals surface area contributed by atoms with Crippen molar-refractivity contribution >= 4 is 19.6 Å². The number of ether oxygens (including phenoxy) is 2. The third-order valence-corrected chi connectivity index (χ3v) is 8.18. The van der Waals surface area contributed by atoms with Gasteiger partial charge in [-0.3, -0.25) is 14.2 Å². The highest BCUT2D eigenvalue weighted by molar-refractivity contribution is 7.54. The maximum absolute atomic E-state index is 14.8. The third-order valence-electron chi connectivity index (χ3n) is 6.23. The number of benzene rings is 1. The maximum atomic E-state index is 14.8. The van der Waals surface area contributed by atoms with Crippen LogP contribution in [0.2, 0.25) is 0 Å². The van der Waals surface area contributed by atoms with Crippen molar-refractivity contribution in [1.82, 2.24) is 10.2 Å². The van der Waals surface area contributed by atoms with Gasteiger partial charge in [0.15, 0.2) is 6.10 Å². The molecular weight excluding hydrogens is 501 g/mol. The van der Waals surface area contributed by atoms with Gasteiger partial charge in [-0.25, -0.2) is 9.36 Å². The van der Waals surface area contributed by atoms with Gasteiger partial charge in [0, 0.05) is 13.2 Å². The van der Waals surface area contributed by atoms with E-state index >= 15 is 0 Å². The molecule has 0 bridgehead atoms. The highest BCUT2D eigenvalue weighted by atomic mass is 31.2. The molecule has 1 aromatic rings. The molecule has 2 aliphatic heterocycles. The molecule has 1 aromatic carbocycles. The Bertz CT molecular complexity index is 982. The van der Waals surface area contributed by atoms with Crippen LogP contribution in [0, 0.1) is 11.8 Å². The van der Waals surface area contributed by atoms with Crippen molar-refractivity contribution in [3.63, 3.8) is 0 Å². The van der Waals surface area contributed by atoms with Crippen molar-refractivity contribution in [3.8, 4) is 5.75 Å². The summed E-state index contributed by atoms with van der Waals surface area (Å²) in [5, 5.41) is 12.5. The lowest BCUT2D eigenvalue weighted by Gasteiger charge is -2.28. The first-order valence-electron chi connectivity index (χ1n) is 11.5. The fourth-order valence-electron chi connectivity index (χ4n) is 4.23. The third kappa shape index (κ3) is 6.05. The Balaban J connectivity index is 1.80. The van der Waals surface area contributed by atoms with Crippen LogP contribution in [0.15, 0.2) is 43.1 Å². The van der Waals surface area contributed by atoms with Crippen LogP contribution < -0.4 is 9.84 Å². The van der Waals surface area contributed by atoms with Gasteiger partial charge < -0.3 is 24.4 Å². The highest BCUT2D eigenvalue weighted by Crippen LogP contribution is 2.53. The molecule has 2 heterocycles. The first-order chi connectivity index (χ1) is 17.1. The van der Waals surface area contributed by atoms with Gasteiger partial charge in [0.2, 0.25) is 6.23 Å². The van der Waals surface area contributed by atoms with Gasteiger partial charge in [0.1, 0.15) is 11.9 Å². The molecule has 0 aliphatic carbocycles. The Hall–Kier alpha value is -2.53. The van der Waals surface area contributed by atoms with Crippen LogP contribution in [-0.4, -0.2) is 72.8 Å². The molecule has 10 nitrogen and oxygen atoms in total. The zero-order chi connectivity index (χ0) is 26.5. The predicted molar refractivity (Wildman–Crippen MR) is 124 cm³/mol.